The first kappa shape index (κ1) is 11.2. The lowest BCUT2D eigenvalue weighted by Crippen LogP contribution is -2.25. The van der Waals surface area contributed by atoms with Crippen molar-refractivity contribution in [3.8, 4) is 6.07 Å². The molecular formula is C9H13N5O. The molecule has 0 radical (unpaired) electrons. The van der Waals surface area contributed by atoms with Gasteiger partial charge in [0.15, 0.2) is 0 Å². The third-order valence-corrected chi connectivity index (χ3v) is 1.80. The van der Waals surface area contributed by atoms with E-state index in [-0.39, 0.29) is 11.7 Å². The van der Waals surface area contributed by atoms with Gasteiger partial charge in [-0.25, -0.2) is 4.98 Å². The summed E-state index contributed by atoms with van der Waals surface area (Å²) in [5.41, 5.74) is 0. The van der Waals surface area contributed by atoms with E-state index in [9.17, 15) is 4.79 Å². The maximum atomic E-state index is 11.4. The van der Waals surface area contributed by atoms with E-state index < -0.39 is 0 Å². The van der Waals surface area contributed by atoms with Crippen LogP contribution in [0.1, 0.15) is 35.7 Å². The van der Waals surface area contributed by atoms with Crippen molar-refractivity contribution in [2.75, 3.05) is 6.54 Å². The number of unbranched alkanes of at least 4 members (excludes halogenated alkanes) is 2. The van der Waals surface area contributed by atoms with Crippen molar-refractivity contribution in [2.45, 2.75) is 26.2 Å². The van der Waals surface area contributed by atoms with Gasteiger partial charge in [0, 0.05) is 13.0 Å². The van der Waals surface area contributed by atoms with Gasteiger partial charge in [-0.3, -0.25) is 9.89 Å². The van der Waals surface area contributed by atoms with Gasteiger partial charge in [-0.05, 0) is 19.8 Å². The first-order valence-corrected chi connectivity index (χ1v) is 4.78. The van der Waals surface area contributed by atoms with Gasteiger partial charge in [0.1, 0.15) is 5.82 Å². The lowest BCUT2D eigenvalue weighted by Gasteiger charge is -1.99. The van der Waals surface area contributed by atoms with Crippen LogP contribution in [0.2, 0.25) is 0 Å². The molecule has 1 aromatic heterocycles. The van der Waals surface area contributed by atoms with Gasteiger partial charge in [0.25, 0.3) is 5.91 Å². The van der Waals surface area contributed by atoms with Crippen LogP contribution in [0.5, 0.6) is 0 Å². The van der Waals surface area contributed by atoms with E-state index in [1.807, 2.05) is 6.07 Å². The Labute approximate surface area is 87.7 Å². The summed E-state index contributed by atoms with van der Waals surface area (Å²) in [6.07, 6.45) is 2.11. The van der Waals surface area contributed by atoms with Gasteiger partial charge in [-0.1, -0.05) is 0 Å². The molecule has 0 saturated carbocycles. The molecule has 0 aliphatic carbocycles. The number of carbonyl (C=O) groups is 1. The highest BCUT2D eigenvalue weighted by Crippen LogP contribution is 1.93. The fourth-order valence-corrected chi connectivity index (χ4v) is 1.05. The number of aryl methyl sites for hydroxylation is 1. The van der Waals surface area contributed by atoms with Crippen molar-refractivity contribution in [1.82, 2.24) is 20.5 Å². The number of amides is 1. The SMILES string of the molecule is Cc1nc(C(=O)NCCCCC#N)n[nH]1. The standard InChI is InChI=1S/C9H13N5O/c1-7-12-8(14-13-7)9(15)11-6-4-2-3-5-10/h2-4,6H2,1H3,(H,11,15)(H,12,13,14). The van der Waals surface area contributed by atoms with Gasteiger partial charge in [0.05, 0.1) is 6.07 Å². The number of nitrogens with zero attached hydrogens (tertiary/aromatic N) is 3. The topological polar surface area (TPSA) is 94.5 Å². The van der Waals surface area contributed by atoms with Crippen LogP contribution in [-0.2, 0) is 0 Å². The normalized spacial score (nSPS) is 9.60. The first-order valence-electron chi connectivity index (χ1n) is 4.78. The Kier molecular flexibility index (Phi) is 4.29. The van der Waals surface area contributed by atoms with Crippen molar-refractivity contribution in [1.29, 1.82) is 5.26 Å². The van der Waals surface area contributed by atoms with E-state index >= 15 is 0 Å². The predicted molar refractivity (Wildman–Crippen MR) is 52.9 cm³/mol. The molecule has 1 rings (SSSR count). The molecule has 0 spiro atoms. The molecule has 0 aromatic carbocycles. The van der Waals surface area contributed by atoms with E-state index in [1.54, 1.807) is 6.92 Å². The second kappa shape index (κ2) is 5.75. The van der Waals surface area contributed by atoms with E-state index in [4.69, 9.17) is 5.26 Å². The quantitative estimate of drug-likeness (QED) is 0.689. The van der Waals surface area contributed by atoms with Crippen LogP contribution in [0.25, 0.3) is 0 Å². The maximum absolute atomic E-state index is 11.4. The molecule has 0 bridgehead atoms. The summed E-state index contributed by atoms with van der Waals surface area (Å²) in [4.78, 5) is 15.3. The van der Waals surface area contributed by atoms with Crippen LogP contribution >= 0.6 is 0 Å². The zero-order valence-electron chi connectivity index (χ0n) is 8.58. The minimum Gasteiger partial charge on any atom is -0.349 e. The lowest BCUT2D eigenvalue weighted by atomic mass is 10.2. The minimum absolute atomic E-state index is 0.160. The average Bonchev–Trinajstić information content (AvgIpc) is 2.64. The van der Waals surface area contributed by atoms with Crippen molar-refractivity contribution in [3.05, 3.63) is 11.6 Å². The monoisotopic (exact) mass is 207 g/mol. The number of carbonyl (C=O) groups excluding carboxylic acids is 1. The number of H-pyrrole nitrogens is 1. The van der Waals surface area contributed by atoms with Gasteiger partial charge < -0.3 is 5.32 Å². The third kappa shape index (κ3) is 3.77. The summed E-state index contributed by atoms with van der Waals surface area (Å²) in [6, 6.07) is 2.05. The number of aromatic nitrogens is 3. The third-order valence-electron chi connectivity index (χ3n) is 1.80. The first-order chi connectivity index (χ1) is 7.24. The van der Waals surface area contributed by atoms with E-state index in [1.165, 1.54) is 0 Å². The largest absolute Gasteiger partial charge is 0.349 e. The van der Waals surface area contributed by atoms with E-state index in [0.29, 0.717) is 18.8 Å². The van der Waals surface area contributed by atoms with Crippen LogP contribution in [0.15, 0.2) is 0 Å². The Morgan fingerprint density at radius 3 is 3.00 bits per heavy atom. The molecule has 1 amide bonds. The van der Waals surface area contributed by atoms with Crippen LogP contribution in [0.4, 0.5) is 0 Å². The Bertz CT molecular complexity index is 365. The summed E-state index contributed by atoms with van der Waals surface area (Å²) < 4.78 is 0. The second-order valence-corrected chi connectivity index (χ2v) is 3.12. The van der Waals surface area contributed by atoms with Gasteiger partial charge in [0.2, 0.25) is 5.82 Å². The molecular weight excluding hydrogens is 194 g/mol. The number of aromatic amines is 1. The van der Waals surface area contributed by atoms with Crippen LogP contribution in [0, 0.1) is 18.3 Å². The molecule has 6 heteroatoms. The summed E-state index contributed by atoms with van der Waals surface area (Å²) in [7, 11) is 0. The molecule has 1 aromatic rings. The molecule has 15 heavy (non-hydrogen) atoms. The Balaban J connectivity index is 2.23. The minimum atomic E-state index is -0.281. The molecule has 1 heterocycles. The molecule has 0 aliphatic rings. The molecule has 80 valence electrons. The molecule has 0 saturated heterocycles. The zero-order valence-corrected chi connectivity index (χ0v) is 8.58. The summed E-state index contributed by atoms with van der Waals surface area (Å²) in [5.74, 6) is 0.494. The number of hydrogen-bond donors (Lipinski definition) is 2. The van der Waals surface area contributed by atoms with Gasteiger partial charge in [-0.2, -0.15) is 5.26 Å². The fraction of sp³-hybridized carbons (Fsp3) is 0.556. The number of rotatable bonds is 5. The van der Waals surface area contributed by atoms with Crippen LogP contribution < -0.4 is 5.32 Å². The maximum Gasteiger partial charge on any atom is 0.290 e. The van der Waals surface area contributed by atoms with Gasteiger partial charge >= 0.3 is 0 Å². The Morgan fingerprint density at radius 1 is 1.60 bits per heavy atom. The second-order valence-electron chi connectivity index (χ2n) is 3.12. The van der Waals surface area contributed by atoms with Crippen molar-refractivity contribution in [2.24, 2.45) is 0 Å². The highest BCUT2D eigenvalue weighted by atomic mass is 16.2. The zero-order chi connectivity index (χ0) is 11.1. The highest BCUT2D eigenvalue weighted by molar-refractivity contribution is 5.90. The number of nitriles is 1. The Hall–Kier alpha value is -1.90. The summed E-state index contributed by atoms with van der Waals surface area (Å²) >= 11 is 0. The molecule has 0 aliphatic heterocycles. The van der Waals surface area contributed by atoms with Gasteiger partial charge in [-0.15, -0.1) is 5.10 Å². The average molecular weight is 207 g/mol. The predicted octanol–water partition coefficient (Wildman–Crippen LogP) is 0.537. The number of hydrogen-bond acceptors (Lipinski definition) is 4. The molecule has 6 nitrogen and oxygen atoms in total. The van der Waals surface area contributed by atoms with E-state index in [0.717, 1.165) is 12.8 Å². The molecule has 0 fully saturated rings. The highest BCUT2D eigenvalue weighted by Gasteiger charge is 2.09. The van der Waals surface area contributed by atoms with E-state index in [2.05, 4.69) is 20.5 Å². The van der Waals surface area contributed by atoms with Crippen LogP contribution in [0.3, 0.4) is 0 Å². The lowest BCUT2D eigenvalue weighted by molar-refractivity contribution is 0.0943. The van der Waals surface area contributed by atoms with Crippen LogP contribution in [-0.4, -0.2) is 27.6 Å². The number of nitrogens with one attached hydrogen (secondary N) is 2. The van der Waals surface area contributed by atoms with Crippen molar-refractivity contribution in [3.63, 3.8) is 0 Å². The summed E-state index contributed by atoms with van der Waals surface area (Å²) in [6.45, 7) is 2.28. The molecule has 2 N–H and O–H groups in total. The fourth-order valence-electron chi connectivity index (χ4n) is 1.05. The molecule has 0 unspecified atom stereocenters. The Morgan fingerprint density at radius 2 is 2.40 bits per heavy atom. The van der Waals surface area contributed by atoms with Crippen molar-refractivity contribution < 1.29 is 4.79 Å². The van der Waals surface area contributed by atoms with Crippen molar-refractivity contribution >= 4 is 5.91 Å². The summed E-state index contributed by atoms with van der Waals surface area (Å²) in [5, 5.41) is 17.3. The smallest absolute Gasteiger partial charge is 0.290 e. The molecule has 0 atom stereocenters.